The van der Waals surface area contributed by atoms with Crippen molar-refractivity contribution < 1.29 is 19.1 Å². The maximum absolute atomic E-state index is 12.4. The third-order valence-electron chi connectivity index (χ3n) is 4.36. The average molecular weight is 402 g/mol. The predicted molar refractivity (Wildman–Crippen MR) is 105 cm³/mol. The fourth-order valence-electron chi connectivity index (χ4n) is 2.97. The van der Waals surface area contributed by atoms with Gasteiger partial charge in [-0.2, -0.15) is 0 Å². The van der Waals surface area contributed by atoms with Gasteiger partial charge in [0.05, 0.1) is 18.2 Å². The Balaban J connectivity index is 1.61. The molecule has 1 aliphatic rings. The molecule has 3 amide bonds. The van der Waals surface area contributed by atoms with E-state index in [1.807, 2.05) is 19.1 Å². The van der Waals surface area contributed by atoms with Crippen molar-refractivity contribution in [2.24, 2.45) is 5.92 Å². The summed E-state index contributed by atoms with van der Waals surface area (Å²) in [6.45, 7) is 2.55. The number of hydrazine groups is 1. The summed E-state index contributed by atoms with van der Waals surface area (Å²) in [6, 6.07) is 13.5. The van der Waals surface area contributed by atoms with Crippen LogP contribution in [0.15, 0.2) is 48.5 Å². The normalized spacial score (nSPS) is 16.0. The number of carbonyl (C=O) groups excluding carboxylic acids is 3. The first-order chi connectivity index (χ1) is 13.5. The van der Waals surface area contributed by atoms with Crippen molar-refractivity contribution in [3.63, 3.8) is 0 Å². The van der Waals surface area contributed by atoms with Gasteiger partial charge in [-0.05, 0) is 43.3 Å². The summed E-state index contributed by atoms with van der Waals surface area (Å²) < 4.78 is 5.57. The maximum atomic E-state index is 12.4. The molecule has 3 rings (SSSR count). The number of carbonyl (C=O) groups is 3. The van der Waals surface area contributed by atoms with Crippen molar-refractivity contribution in [2.45, 2.75) is 13.3 Å². The molecule has 146 valence electrons. The molecule has 0 aliphatic carbocycles. The van der Waals surface area contributed by atoms with Gasteiger partial charge in [0.25, 0.3) is 5.91 Å². The van der Waals surface area contributed by atoms with Crippen molar-refractivity contribution in [3.8, 4) is 5.75 Å². The van der Waals surface area contributed by atoms with Crippen LogP contribution in [0.2, 0.25) is 5.02 Å². The molecule has 0 aromatic heterocycles. The molecule has 1 aliphatic heterocycles. The van der Waals surface area contributed by atoms with E-state index in [1.165, 1.54) is 4.90 Å². The van der Waals surface area contributed by atoms with Gasteiger partial charge in [-0.15, -0.1) is 0 Å². The molecule has 28 heavy (non-hydrogen) atoms. The van der Waals surface area contributed by atoms with E-state index < -0.39 is 17.7 Å². The molecule has 0 saturated carbocycles. The highest BCUT2D eigenvalue weighted by molar-refractivity contribution is 6.30. The summed E-state index contributed by atoms with van der Waals surface area (Å²) >= 11 is 5.79. The fraction of sp³-hybridized carbons (Fsp3) is 0.250. The number of hydrogen-bond acceptors (Lipinski definition) is 4. The number of anilines is 1. The summed E-state index contributed by atoms with van der Waals surface area (Å²) in [4.78, 5) is 38.5. The minimum absolute atomic E-state index is 0.0586. The molecule has 1 atom stereocenters. The van der Waals surface area contributed by atoms with Crippen LogP contribution in [0, 0.1) is 5.92 Å². The maximum Gasteiger partial charge on any atom is 0.269 e. The Hall–Kier alpha value is -3.06. The van der Waals surface area contributed by atoms with Gasteiger partial charge in [0, 0.05) is 23.6 Å². The van der Waals surface area contributed by atoms with Gasteiger partial charge in [0.2, 0.25) is 11.8 Å². The number of ether oxygens (including phenoxy) is 1. The van der Waals surface area contributed by atoms with Gasteiger partial charge in [0.1, 0.15) is 5.75 Å². The lowest BCUT2D eigenvalue weighted by Gasteiger charge is -2.20. The Morgan fingerprint density at radius 2 is 1.86 bits per heavy atom. The molecule has 2 aromatic rings. The van der Waals surface area contributed by atoms with Gasteiger partial charge in [-0.1, -0.05) is 23.7 Å². The number of nitrogens with zero attached hydrogens (tertiary/aromatic N) is 1. The molecule has 2 aromatic carbocycles. The Morgan fingerprint density at radius 3 is 2.57 bits per heavy atom. The summed E-state index contributed by atoms with van der Waals surface area (Å²) in [5, 5.41) is 0.512. The van der Waals surface area contributed by atoms with Crippen LogP contribution in [0.1, 0.15) is 23.7 Å². The van der Waals surface area contributed by atoms with Gasteiger partial charge in [-0.3, -0.25) is 25.2 Å². The highest BCUT2D eigenvalue weighted by Gasteiger charge is 2.36. The van der Waals surface area contributed by atoms with E-state index >= 15 is 0 Å². The molecule has 7 nitrogen and oxygen atoms in total. The summed E-state index contributed by atoms with van der Waals surface area (Å²) in [6.07, 6.45) is 0.0586. The third-order valence-corrected chi connectivity index (χ3v) is 4.61. The molecular weight excluding hydrogens is 382 g/mol. The summed E-state index contributed by atoms with van der Waals surface area (Å²) in [5.41, 5.74) is 5.74. The Bertz CT molecular complexity index is 885. The van der Waals surface area contributed by atoms with Gasteiger partial charge < -0.3 is 9.64 Å². The number of halogens is 1. The SMILES string of the molecule is CCOc1ccccc1N1C[C@@H](C(=O)NNC(=O)c2ccc(Cl)cc2)CC1=O. The van der Waals surface area contributed by atoms with Gasteiger partial charge >= 0.3 is 0 Å². The lowest BCUT2D eigenvalue weighted by molar-refractivity contribution is -0.126. The Kier molecular flexibility index (Phi) is 6.16. The van der Waals surface area contributed by atoms with E-state index in [9.17, 15) is 14.4 Å². The zero-order valence-electron chi connectivity index (χ0n) is 15.3. The standard InChI is InChI=1S/C20H20ClN3O4/c1-2-28-17-6-4-3-5-16(17)24-12-14(11-18(24)25)20(27)23-22-19(26)13-7-9-15(21)10-8-13/h3-10,14H,2,11-12H2,1H3,(H,22,26)(H,23,27)/t14-/m0/s1. The highest BCUT2D eigenvalue weighted by atomic mass is 35.5. The Labute approximate surface area is 167 Å². The average Bonchev–Trinajstić information content (AvgIpc) is 3.09. The third kappa shape index (κ3) is 4.43. The lowest BCUT2D eigenvalue weighted by Crippen LogP contribution is -2.45. The summed E-state index contributed by atoms with van der Waals surface area (Å²) in [7, 11) is 0. The Morgan fingerprint density at radius 1 is 1.14 bits per heavy atom. The second-order valence-electron chi connectivity index (χ2n) is 6.26. The van der Waals surface area contributed by atoms with Crippen LogP contribution >= 0.6 is 11.6 Å². The van der Waals surface area contributed by atoms with E-state index in [-0.39, 0.29) is 18.9 Å². The zero-order chi connectivity index (χ0) is 20.1. The number of rotatable bonds is 5. The largest absolute Gasteiger partial charge is 0.492 e. The van der Waals surface area contributed by atoms with Crippen LogP contribution < -0.4 is 20.5 Å². The van der Waals surface area contributed by atoms with E-state index in [1.54, 1.807) is 36.4 Å². The molecule has 0 radical (unpaired) electrons. The van der Waals surface area contributed by atoms with Crippen LogP contribution in [0.5, 0.6) is 5.75 Å². The van der Waals surface area contributed by atoms with Crippen LogP contribution in [-0.2, 0) is 9.59 Å². The van der Waals surface area contributed by atoms with Gasteiger partial charge in [-0.25, -0.2) is 0 Å². The van der Waals surface area contributed by atoms with E-state index in [0.717, 1.165) is 0 Å². The van der Waals surface area contributed by atoms with Crippen molar-refractivity contribution in [1.29, 1.82) is 0 Å². The predicted octanol–water partition coefficient (Wildman–Crippen LogP) is 2.55. The first-order valence-electron chi connectivity index (χ1n) is 8.87. The van der Waals surface area contributed by atoms with Gasteiger partial charge in [0.15, 0.2) is 0 Å². The molecule has 1 heterocycles. The number of hydrogen-bond donors (Lipinski definition) is 2. The van der Waals surface area contributed by atoms with Crippen LogP contribution in [-0.4, -0.2) is 30.9 Å². The first kappa shape index (κ1) is 19.7. The monoisotopic (exact) mass is 401 g/mol. The quantitative estimate of drug-likeness (QED) is 0.754. The highest BCUT2D eigenvalue weighted by Crippen LogP contribution is 2.33. The van der Waals surface area contributed by atoms with Crippen molar-refractivity contribution in [3.05, 3.63) is 59.1 Å². The number of para-hydroxylation sites is 2. The van der Waals surface area contributed by atoms with Crippen molar-refractivity contribution in [2.75, 3.05) is 18.1 Å². The number of amides is 3. The van der Waals surface area contributed by atoms with Crippen molar-refractivity contribution in [1.82, 2.24) is 10.9 Å². The molecular formula is C20H20ClN3O4. The second-order valence-corrected chi connectivity index (χ2v) is 6.69. The van der Waals surface area contributed by atoms with Crippen LogP contribution in [0.4, 0.5) is 5.69 Å². The fourth-order valence-corrected chi connectivity index (χ4v) is 3.09. The van der Waals surface area contributed by atoms with Crippen LogP contribution in [0.3, 0.4) is 0 Å². The van der Waals surface area contributed by atoms with Crippen LogP contribution in [0.25, 0.3) is 0 Å². The zero-order valence-corrected chi connectivity index (χ0v) is 16.0. The minimum atomic E-state index is -0.576. The molecule has 0 bridgehead atoms. The molecule has 0 spiro atoms. The number of nitrogens with one attached hydrogen (secondary N) is 2. The van der Waals surface area contributed by atoms with E-state index in [4.69, 9.17) is 16.3 Å². The first-order valence-corrected chi connectivity index (χ1v) is 9.25. The second kappa shape index (κ2) is 8.75. The van der Waals surface area contributed by atoms with E-state index in [0.29, 0.717) is 28.6 Å². The molecule has 1 saturated heterocycles. The number of benzene rings is 2. The van der Waals surface area contributed by atoms with Crippen molar-refractivity contribution >= 4 is 35.0 Å². The topological polar surface area (TPSA) is 87.7 Å². The smallest absolute Gasteiger partial charge is 0.269 e. The van der Waals surface area contributed by atoms with E-state index in [2.05, 4.69) is 10.9 Å². The lowest BCUT2D eigenvalue weighted by atomic mass is 10.1. The minimum Gasteiger partial charge on any atom is -0.492 e. The summed E-state index contributed by atoms with van der Waals surface area (Å²) in [5.74, 6) is -1.04. The molecule has 0 unspecified atom stereocenters. The molecule has 1 fully saturated rings. The molecule has 8 heteroatoms. The molecule has 2 N–H and O–H groups in total.